The molecule has 0 saturated heterocycles. The topological polar surface area (TPSA) is 64.6 Å². The molecular formula is C24H29Cl2N3O2S. The molecule has 2 aromatic rings. The number of nitrogens with zero attached hydrogens (tertiary/aromatic N) is 1. The number of aryl methyl sites for hydroxylation is 1. The zero-order valence-electron chi connectivity index (χ0n) is 17.9. The molecule has 0 fully saturated rings. The van der Waals surface area contributed by atoms with Crippen LogP contribution < -0.4 is 10.6 Å². The lowest BCUT2D eigenvalue weighted by Crippen LogP contribution is -2.36. The lowest BCUT2D eigenvalue weighted by molar-refractivity contribution is -0.137. The maximum atomic E-state index is 11.0. The summed E-state index contributed by atoms with van der Waals surface area (Å²) in [5, 5.41) is 16.9. The van der Waals surface area contributed by atoms with Crippen molar-refractivity contribution in [2.75, 3.05) is 25.0 Å². The number of anilines is 1. The van der Waals surface area contributed by atoms with E-state index < -0.39 is 5.97 Å². The van der Waals surface area contributed by atoms with Gasteiger partial charge in [-0.15, -0.1) is 0 Å². The van der Waals surface area contributed by atoms with Crippen molar-refractivity contribution in [2.45, 2.75) is 44.6 Å². The molecule has 1 aliphatic rings. The number of halogens is 2. The summed E-state index contributed by atoms with van der Waals surface area (Å²) >= 11 is 17.4. The number of hydrogen-bond acceptors (Lipinski definition) is 3. The second-order valence-electron chi connectivity index (χ2n) is 8.00. The number of carboxylic acids is 1. The molecule has 1 unspecified atom stereocenters. The Morgan fingerprint density at radius 1 is 1.12 bits per heavy atom. The first-order chi connectivity index (χ1) is 15.4. The first kappa shape index (κ1) is 24.8. The number of hydrogen-bond donors (Lipinski definition) is 3. The summed E-state index contributed by atoms with van der Waals surface area (Å²) in [5.41, 5.74) is 3.59. The van der Waals surface area contributed by atoms with Crippen LogP contribution in [0.1, 0.15) is 49.3 Å². The van der Waals surface area contributed by atoms with Crippen LogP contribution in [-0.2, 0) is 11.2 Å². The summed E-state index contributed by atoms with van der Waals surface area (Å²) in [4.78, 5) is 13.5. The van der Waals surface area contributed by atoms with Gasteiger partial charge in [0.25, 0.3) is 0 Å². The van der Waals surface area contributed by atoms with E-state index in [1.54, 1.807) is 12.1 Å². The molecule has 0 heterocycles. The van der Waals surface area contributed by atoms with E-state index in [1.807, 2.05) is 6.07 Å². The molecule has 1 atom stereocenters. The predicted octanol–water partition coefficient (Wildman–Crippen LogP) is 5.91. The average molecular weight is 494 g/mol. The van der Waals surface area contributed by atoms with Gasteiger partial charge in [-0.3, -0.25) is 9.69 Å². The fourth-order valence-corrected chi connectivity index (χ4v) is 4.72. The Labute approximate surface area is 205 Å². The minimum atomic E-state index is -0.741. The van der Waals surface area contributed by atoms with Gasteiger partial charge in [-0.1, -0.05) is 47.5 Å². The van der Waals surface area contributed by atoms with Crippen LogP contribution in [0, 0.1) is 0 Å². The summed E-state index contributed by atoms with van der Waals surface area (Å²) in [6, 6.07) is 14.3. The van der Waals surface area contributed by atoms with Crippen LogP contribution in [-0.4, -0.2) is 40.7 Å². The van der Waals surface area contributed by atoms with Gasteiger partial charge in [0.1, 0.15) is 0 Å². The van der Waals surface area contributed by atoms with E-state index in [0.717, 1.165) is 51.0 Å². The first-order valence-corrected chi connectivity index (χ1v) is 12.1. The van der Waals surface area contributed by atoms with Crippen molar-refractivity contribution in [3.63, 3.8) is 0 Å². The predicted molar refractivity (Wildman–Crippen MR) is 136 cm³/mol. The fraction of sp³-hybridized carbons (Fsp3) is 0.417. The Kier molecular flexibility index (Phi) is 9.60. The van der Waals surface area contributed by atoms with Crippen molar-refractivity contribution < 1.29 is 9.90 Å². The van der Waals surface area contributed by atoms with E-state index >= 15 is 0 Å². The monoisotopic (exact) mass is 493 g/mol. The molecule has 0 saturated carbocycles. The van der Waals surface area contributed by atoms with Gasteiger partial charge in [0.2, 0.25) is 0 Å². The van der Waals surface area contributed by atoms with Crippen LogP contribution in [0.3, 0.4) is 0 Å². The lowest BCUT2D eigenvalue weighted by atomic mass is 9.86. The summed E-state index contributed by atoms with van der Waals surface area (Å²) in [7, 11) is 0. The summed E-state index contributed by atoms with van der Waals surface area (Å²) in [6.45, 7) is 2.37. The second-order valence-corrected chi connectivity index (χ2v) is 9.23. The molecule has 172 valence electrons. The van der Waals surface area contributed by atoms with Crippen molar-refractivity contribution in [1.29, 1.82) is 0 Å². The molecule has 3 N–H and O–H groups in total. The van der Waals surface area contributed by atoms with Crippen LogP contribution >= 0.6 is 35.4 Å². The van der Waals surface area contributed by atoms with Crippen LogP contribution in [0.15, 0.2) is 42.5 Å². The first-order valence-electron chi connectivity index (χ1n) is 11.0. The largest absolute Gasteiger partial charge is 0.481 e. The van der Waals surface area contributed by atoms with Gasteiger partial charge in [0, 0.05) is 31.2 Å². The molecule has 5 nitrogen and oxygen atoms in total. The molecule has 0 amide bonds. The Morgan fingerprint density at radius 2 is 1.91 bits per heavy atom. The van der Waals surface area contributed by atoms with E-state index in [2.05, 4.69) is 39.8 Å². The molecule has 2 aromatic carbocycles. The lowest BCUT2D eigenvalue weighted by Gasteiger charge is -2.36. The van der Waals surface area contributed by atoms with E-state index in [4.69, 9.17) is 40.5 Å². The van der Waals surface area contributed by atoms with Crippen LogP contribution in [0.25, 0.3) is 0 Å². The van der Waals surface area contributed by atoms with Crippen LogP contribution in [0.5, 0.6) is 0 Å². The highest BCUT2D eigenvalue weighted by Crippen LogP contribution is 2.34. The Morgan fingerprint density at radius 3 is 2.69 bits per heavy atom. The number of carboxylic acid groups (broad SMARTS) is 1. The van der Waals surface area contributed by atoms with Crippen LogP contribution in [0.4, 0.5) is 5.69 Å². The highest BCUT2D eigenvalue weighted by atomic mass is 35.5. The summed E-state index contributed by atoms with van der Waals surface area (Å²) in [6.07, 6.45) is 5.13. The number of benzene rings is 2. The Bertz CT molecular complexity index is 941. The maximum absolute atomic E-state index is 11.0. The molecule has 0 spiro atoms. The molecule has 0 aromatic heterocycles. The van der Waals surface area contributed by atoms with E-state index in [9.17, 15) is 4.79 Å². The highest BCUT2D eigenvalue weighted by molar-refractivity contribution is 7.80. The van der Waals surface area contributed by atoms with E-state index in [-0.39, 0.29) is 6.42 Å². The second kappa shape index (κ2) is 12.4. The van der Waals surface area contributed by atoms with Crippen molar-refractivity contribution in [3.05, 3.63) is 63.6 Å². The molecule has 0 bridgehead atoms. The maximum Gasteiger partial charge on any atom is 0.303 e. The summed E-state index contributed by atoms with van der Waals surface area (Å²) < 4.78 is 0. The van der Waals surface area contributed by atoms with Crippen molar-refractivity contribution in [2.24, 2.45) is 0 Å². The molecule has 0 aliphatic heterocycles. The van der Waals surface area contributed by atoms with E-state index in [0.29, 0.717) is 27.6 Å². The molecular weight excluding hydrogens is 465 g/mol. The van der Waals surface area contributed by atoms with Crippen molar-refractivity contribution in [1.82, 2.24) is 10.2 Å². The number of nitrogens with one attached hydrogen (secondary N) is 2. The third kappa shape index (κ3) is 7.34. The van der Waals surface area contributed by atoms with Gasteiger partial charge in [-0.2, -0.15) is 0 Å². The van der Waals surface area contributed by atoms with Crippen molar-refractivity contribution >= 4 is 52.2 Å². The van der Waals surface area contributed by atoms with Gasteiger partial charge in [-0.05, 0) is 80.2 Å². The number of carbonyl (C=O) groups is 1. The van der Waals surface area contributed by atoms with Gasteiger partial charge < -0.3 is 15.7 Å². The molecule has 8 heteroatoms. The van der Waals surface area contributed by atoms with Gasteiger partial charge in [0.05, 0.1) is 10.0 Å². The zero-order valence-corrected chi connectivity index (χ0v) is 20.3. The third-order valence-electron chi connectivity index (χ3n) is 5.70. The number of thiocarbonyl (C=S) groups is 1. The molecule has 32 heavy (non-hydrogen) atoms. The van der Waals surface area contributed by atoms with Crippen LogP contribution in [0.2, 0.25) is 10.0 Å². The Hall–Kier alpha value is -1.86. The normalized spacial score (nSPS) is 15.3. The average Bonchev–Trinajstić information content (AvgIpc) is 2.77. The number of aliphatic carboxylic acids is 1. The quantitative estimate of drug-likeness (QED) is 0.282. The van der Waals surface area contributed by atoms with E-state index in [1.165, 1.54) is 11.1 Å². The minimum Gasteiger partial charge on any atom is -0.481 e. The standard InChI is InChI=1S/C24H29Cl2N3O2S/c25-20-12-11-18(16-21(20)26)28-24(32)27-13-5-15-29(14-4-10-23(30)31)22-9-3-7-17-6-1-2-8-19(17)22/h1-2,6,8,11-12,16,22H,3-5,7,9-10,13-15H2,(H,30,31)(H2,27,28,32). The smallest absolute Gasteiger partial charge is 0.303 e. The summed E-state index contributed by atoms with van der Waals surface area (Å²) in [5.74, 6) is -0.741. The number of rotatable bonds is 10. The zero-order chi connectivity index (χ0) is 22.9. The highest BCUT2D eigenvalue weighted by Gasteiger charge is 2.25. The number of fused-ring (bicyclic) bond motifs is 1. The Balaban J connectivity index is 1.53. The minimum absolute atomic E-state index is 0.195. The van der Waals surface area contributed by atoms with Crippen molar-refractivity contribution in [3.8, 4) is 0 Å². The molecule has 1 aliphatic carbocycles. The SMILES string of the molecule is O=C(O)CCCN(CCCNC(=S)Nc1ccc(Cl)c(Cl)c1)C1CCCc2ccccc21. The van der Waals surface area contributed by atoms with Gasteiger partial charge in [0.15, 0.2) is 5.11 Å². The molecule has 3 rings (SSSR count). The molecule has 0 radical (unpaired) electrons. The third-order valence-corrected chi connectivity index (χ3v) is 6.69. The fourth-order valence-electron chi connectivity index (χ4n) is 4.20. The van der Waals surface area contributed by atoms with Gasteiger partial charge >= 0.3 is 5.97 Å². The van der Waals surface area contributed by atoms with Gasteiger partial charge in [-0.25, -0.2) is 0 Å².